The molecule has 0 heterocycles. The topological polar surface area (TPSA) is 108 Å². The second-order valence-electron chi connectivity index (χ2n) is 10.7. The number of aliphatic hydroxyl groups is 1. The molecule has 0 aliphatic rings. The van der Waals surface area contributed by atoms with Crippen LogP contribution in [0.2, 0.25) is 0 Å². The van der Waals surface area contributed by atoms with E-state index < -0.39 is 42.2 Å². The lowest BCUT2D eigenvalue weighted by Gasteiger charge is -2.34. The molecule has 2 atom stereocenters. The summed E-state index contributed by atoms with van der Waals surface area (Å²) in [5.74, 6) is -0.980. The number of ether oxygens (including phenoxy) is 1. The van der Waals surface area contributed by atoms with Crippen LogP contribution < -0.4 is 10.6 Å². The Labute approximate surface area is 230 Å². The molecule has 8 nitrogen and oxygen atoms in total. The van der Waals surface area contributed by atoms with Crippen molar-refractivity contribution >= 4 is 34.4 Å². The van der Waals surface area contributed by atoms with Gasteiger partial charge in [0.15, 0.2) is 0 Å². The average molecular weight is 534 g/mol. The van der Waals surface area contributed by atoms with Crippen molar-refractivity contribution in [2.75, 3.05) is 18.5 Å². The highest BCUT2D eigenvalue weighted by Crippen LogP contribution is 2.27. The number of hydrogen-bond acceptors (Lipinski definition) is 5. The number of alkyl carbamates (subject to hydrolysis) is 1. The van der Waals surface area contributed by atoms with Crippen LogP contribution in [0.3, 0.4) is 0 Å². The fraction of sp³-hybridized carbons (Fsp3) is 0.387. The van der Waals surface area contributed by atoms with E-state index in [1.165, 1.54) is 4.90 Å². The van der Waals surface area contributed by atoms with Gasteiger partial charge in [-0.3, -0.25) is 9.59 Å². The van der Waals surface area contributed by atoms with Gasteiger partial charge in [0.05, 0.1) is 6.61 Å². The molecule has 208 valence electrons. The van der Waals surface area contributed by atoms with E-state index >= 15 is 0 Å². The molecule has 8 heteroatoms. The van der Waals surface area contributed by atoms with Crippen LogP contribution in [-0.4, -0.2) is 52.7 Å². The number of benzene rings is 3. The van der Waals surface area contributed by atoms with E-state index in [0.717, 1.165) is 21.9 Å². The van der Waals surface area contributed by atoms with E-state index in [2.05, 4.69) is 10.6 Å². The molecule has 0 bridgehead atoms. The zero-order valence-electron chi connectivity index (χ0n) is 23.6. The van der Waals surface area contributed by atoms with E-state index in [9.17, 15) is 19.5 Å². The van der Waals surface area contributed by atoms with E-state index in [4.69, 9.17) is 4.74 Å². The summed E-state index contributed by atoms with van der Waals surface area (Å²) in [6, 6.07) is 16.8. The zero-order chi connectivity index (χ0) is 28.7. The predicted molar refractivity (Wildman–Crippen MR) is 153 cm³/mol. The number of nitrogens with one attached hydrogen (secondary N) is 2. The first kappa shape index (κ1) is 29.6. The molecule has 3 N–H and O–H groups in total. The Kier molecular flexibility index (Phi) is 9.70. The lowest BCUT2D eigenvalue weighted by Crippen LogP contribution is -2.54. The van der Waals surface area contributed by atoms with Crippen molar-refractivity contribution in [1.82, 2.24) is 10.2 Å². The Balaban J connectivity index is 1.99. The molecule has 3 rings (SSSR count). The van der Waals surface area contributed by atoms with E-state index in [1.807, 2.05) is 81.4 Å². The number of fused-ring (bicyclic) bond motifs is 1. The van der Waals surface area contributed by atoms with Gasteiger partial charge in [0.25, 0.3) is 5.91 Å². The van der Waals surface area contributed by atoms with Gasteiger partial charge >= 0.3 is 6.09 Å². The molecule has 0 saturated heterocycles. The third-order valence-corrected chi connectivity index (χ3v) is 6.34. The minimum absolute atomic E-state index is 0.230. The maximum atomic E-state index is 13.9. The summed E-state index contributed by atoms with van der Waals surface area (Å²) in [5.41, 5.74) is 2.48. The number of carbonyl (C=O) groups is 3. The normalized spacial score (nSPS) is 12.9. The molecular weight excluding hydrogens is 494 g/mol. The van der Waals surface area contributed by atoms with E-state index in [0.29, 0.717) is 17.7 Å². The molecule has 0 saturated carbocycles. The van der Waals surface area contributed by atoms with Gasteiger partial charge in [-0.05, 0) is 80.6 Å². The highest BCUT2D eigenvalue weighted by molar-refractivity contribution is 6.00. The van der Waals surface area contributed by atoms with Crippen LogP contribution in [0.4, 0.5) is 10.5 Å². The predicted octanol–water partition coefficient (Wildman–Crippen LogP) is 5.26. The van der Waals surface area contributed by atoms with Crippen molar-refractivity contribution in [2.45, 2.75) is 65.6 Å². The van der Waals surface area contributed by atoms with Crippen LogP contribution in [0.5, 0.6) is 0 Å². The standard InChI is InChI=1S/C31H39N3O5/c1-7-16-34(29(37)26(19-35)33-30(38)39-31(4,5)6)27(24-13-12-20(2)21(3)17-24)28(36)32-25-15-14-22-10-8-9-11-23(22)18-25/h8-15,17-18,26-27,35H,7,16,19H2,1-6H3,(H,32,36)(H,33,38). The number of carbonyl (C=O) groups excluding carboxylic acids is 3. The fourth-order valence-corrected chi connectivity index (χ4v) is 4.33. The van der Waals surface area contributed by atoms with Gasteiger partial charge in [-0.15, -0.1) is 0 Å². The molecule has 0 aliphatic carbocycles. The molecule has 2 unspecified atom stereocenters. The maximum Gasteiger partial charge on any atom is 0.408 e. The monoisotopic (exact) mass is 533 g/mol. The minimum Gasteiger partial charge on any atom is -0.444 e. The van der Waals surface area contributed by atoms with Crippen LogP contribution >= 0.6 is 0 Å². The Bertz CT molecular complexity index is 1330. The molecular formula is C31H39N3O5. The molecule has 0 aliphatic heterocycles. The van der Waals surface area contributed by atoms with Gasteiger partial charge in [-0.25, -0.2) is 4.79 Å². The average Bonchev–Trinajstić information content (AvgIpc) is 2.87. The van der Waals surface area contributed by atoms with Crippen molar-refractivity contribution in [2.24, 2.45) is 0 Å². The molecule has 0 spiro atoms. The first-order valence-electron chi connectivity index (χ1n) is 13.2. The summed E-state index contributed by atoms with van der Waals surface area (Å²) < 4.78 is 5.28. The summed E-state index contributed by atoms with van der Waals surface area (Å²) in [5, 5.41) is 17.5. The van der Waals surface area contributed by atoms with Crippen molar-refractivity contribution in [3.8, 4) is 0 Å². The van der Waals surface area contributed by atoms with Crippen molar-refractivity contribution in [3.63, 3.8) is 0 Å². The zero-order valence-corrected chi connectivity index (χ0v) is 23.6. The number of rotatable bonds is 9. The first-order chi connectivity index (χ1) is 18.4. The number of anilines is 1. The second-order valence-corrected chi connectivity index (χ2v) is 10.7. The number of hydrogen-bond donors (Lipinski definition) is 3. The van der Waals surface area contributed by atoms with Crippen molar-refractivity contribution in [3.05, 3.63) is 77.4 Å². The summed E-state index contributed by atoms with van der Waals surface area (Å²) >= 11 is 0. The van der Waals surface area contributed by atoms with E-state index in [1.54, 1.807) is 20.8 Å². The smallest absolute Gasteiger partial charge is 0.408 e. The number of aliphatic hydroxyl groups excluding tert-OH is 1. The van der Waals surface area contributed by atoms with Crippen molar-refractivity contribution < 1.29 is 24.2 Å². The molecule has 3 amide bonds. The van der Waals surface area contributed by atoms with Crippen LogP contribution in [0, 0.1) is 13.8 Å². The first-order valence-corrected chi connectivity index (χ1v) is 13.2. The summed E-state index contributed by atoms with van der Waals surface area (Å²) in [7, 11) is 0. The summed E-state index contributed by atoms with van der Waals surface area (Å²) in [6.45, 7) is 10.5. The largest absolute Gasteiger partial charge is 0.444 e. The van der Waals surface area contributed by atoms with Gasteiger partial charge in [0, 0.05) is 12.2 Å². The van der Waals surface area contributed by atoms with Gasteiger partial charge < -0.3 is 25.4 Å². The molecule has 0 radical (unpaired) electrons. The van der Waals surface area contributed by atoms with Crippen LogP contribution in [0.25, 0.3) is 10.8 Å². The Morgan fingerprint density at radius 3 is 2.26 bits per heavy atom. The summed E-state index contributed by atoms with van der Waals surface area (Å²) in [4.78, 5) is 41.5. The highest BCUT2D eigenvalue weighted by atomic mass is 16.6. The molecule has 0 aromatic heterocycles. The van der Waals surface area contributed by atoms with Gasteiger partial charge in [-0.2, -0.15) is 0 Å². The third kappa shape index (κ3) is 7.80. The number of nitrogens with zero attached hydrogens (tertiary/aromatic N) is 1. The second kappa shape index (κ2) is 12.8. The van der Waals surface area contributed by atoms with Crippen LogP contribution in [-0.2, 0) is 14.3 Å². The Morgan fingerprint density at radius 1 is 0.949 bits per heavy atom. The lowest BCUT2D eigenvalue weighted by atomic mass is 9.98. The molecule has 3 aromatic carbocycles. The maximum absolute atomic E-state index is 13.9. The molecule has 39 heavy (non-hydrogen) atoms. The fourth-order valence-electron chi connectivity index (χ4n) is 4.33. The molecule has 3 aromatic rings. The van der Waals surface area contributed by atoms with Crippen molar-refractivity contribution in [1.29, 1.82) is 0 Å². The number of aryl methyl sites for hydroxylation is 2. The van der Waals surface area contributed by atoms with Gasteiger partial charge in [0.2, 0.25) is 5.91 Å². The quantitative estimate of drug-likeness (QED) is 0.348. The van der Waals surface area contributed by atoms with Gasteiger partial charge in [-0.1, -0.05) is 55.5 Å². The highest BCUT2D eigenvalue weighted by Gasteiger charge is 2.36. The Morgan fingerprint density at radius 2 is 1.64 bits per heavy atom. The SMILES string of the molecule is CCCN(C(=O)C(CO)NC(=O)OC(C)(C)C)C(C(=O)Nc1ccc2ccccc2c1)c1ccc(C)c(C)c1. The summed E-state index contributed by atoms with van der Waals surface area (Å²) in [6.07, 6.45) is -0.268. The molecule has 0 fully saturated rings. The minimum atomic E-state index is -1.28. The van der Waals surface area contributed by atoms with Crippen LogP contribution in [0.15, 0.2) is 60.7 Å². The number of amides is 3. The Hall–Kier alpha value is -3.91. The van der Waals surface area contributed by atoms with Gasteiger partial charge in [0.1, 0.15) is 17.7 Å². The van der Waals surface area contributed by atoms with Crippen LogP contribution in [0.1, 0.15) is 56.8 Å². The van der Waals surface area contributed by atoms with E-state index in [-0.39, 0.29) is 6.54 Å². The lowest BCUT2D eigenvalue weighted by molar-refractivity contribution is -0.141. The third-order valence-electron chi connectivity index (χ3n) is 6.34.